The number of benzene rings is 1. The lowest BCUT2D eigenvalue weighted by Gasteiger charge is -2.15. The number of ether oxygens (including phenoxy) is 2. The molecule has 0 spiro atoms. The van der Waals surface area contributed by atoms with Gasteiger partial charge in [0.1, 0.15) is 18.2 Å². The van der Waals surface area contributed by atoms with Gasteiger partial charge in [0.2, 0.25) is 0 Å². The van der Waals surface area contributed by atoms with Crippen LogP contribution in [-0.2, 0) is 4.74 Å². The second-order valence-corrected chi connectivity index (χ2v) is 3.78. The third-order valence-corrected chi connectivity index (χ3v) is 1.93. The number of rotatable bonds is 6. The van der Waals surface area contributed by atoms with Gasteiger partial charge in [-0.15, -0.1) is 0 Å². The van der Waals surface area contributed by atoms with Crippen LogP contribution in [0.25, 0.3) is 0 Å². The number of hydrogen-bond acceptors (Lipinski definition) is 3. The second-order valence-electron chi connectivity index (χ2n) is 3.78. The molecule has 1 aromatic carbocycles. The van der Waals surface area contributed by atoms with Crippen molar-refractivity contribution in [3.63, 3.8) is 0 Å². The summed E-state index contributed by atoms with van der Waals surface area (Å²) in [6.07, 6.45) is 0. The summed E-state index contributed by atoms with van der Waals surface area (Å²) in [6, 6.07) is 4.66. The first-order valence-electron chi connectivity index (χ1n) is 5.31. The largest absolute Gasteiger partial charge is 0.489 e. The van der Waals surface area contributed by atoms with E-state index in [-0.39, 0.29) is 11.9 Å². The van der Waals surface area contributed by atoms with E-state index in [1.807, 2.05) is 13.8 Å². The van der Waals surface area contributed by atoms with Crippen LogP contribution in [-0.4, -0.2) is 26.4 Å². The lowest BCUT2D eigenvalue weighted by atomic mass is 10.2. The van der Waals surface area contributed by atoms with E-state index >= 15 is 0 Å². The molecule has 1 rings (SSSR count). The molecule has 3 nitrogen and oxygen atoms in total. The number of methoxy groups -OCH3 is 1. The van der Waals surface area contributed by atoms with Crippen molar-refractivity contribution in [2.75, 3.05) is 25.6 Å². The highest BCUT2D eigenvalue weighted by molar-refractivity contribution is 5.56. The molecule has 0 saturated carbocycles. The van der Waals surface area contributed by atoms with E-state index in [2.05, 4.69) is 5.32 Å². The summed E-state index contributed by atoms with van der Waals surface area (Å²) >= 11 is 0. The van der Waals surface area contributed by atoms with Gasteiger partial charge in [0.05, 0.1) is 12.3 Å². The van der Waals surface area contributed by atoms with Crippen LogP contribution in [0.5, 0.6) is 5.75 Å². The predicted octanol–water partition coefficient (Wildman–Crippen LogP) is 2.67. The van der Waals surface area contributed by atoms with E-state index in [1.165, 1.54) is 12.1 Å². The highest BCUT2D eigenvalue weighted by Gasteiger charge is 2.06. The zero-order chi connectivity index (χ0) is 12.0. The SMILES string of the molecule is COCCOc1ccc(F)cc1NC(C)C. The quantitative estimate of drug-likeness (QED) is 0.758. The summed E-state index contributed by atoms with van der Waals surface area (Å²) in [6.45, 7) is 4.95. The fraction of sp³-hybridized carbons (Fsp3) is 0.500. The molecule has 0 aromatic heterocycles. The standard InChI is InChI=1S/C12H18FNO2/c1-9(2)14-11-8-10(13)4-5-12(11)16-7-6-15-3/h4-5,8-9,14H,6-7H2,1-3H3. The summed E-state index contributed by atoms with van der Waals surface area (Å²) in [5.74, 6) is 0.370. The van der Waals surface area contributed by atoms with Gasteiger partial charge in [0.15, 0.2) is 0 Å². The van der Waals surface area contributed by atoms with Crippen LogP contribution >= 0.6 is 0 Å². The number of hydrogen-bond donors (Lipinski definition) is 1. The smallest absolute Gasteiger partial charge is 0.142 e. The Hall–Kier alpha value is -1.29. The summed E-state index contributed by atoms with van der Waals surface area (Å²) in [5, 5.41) is 3.14. The Morgan fingerprint density at radius 1 is 1.31 bits per heavy atom. The maximum absolute atomic E-state index is 13.1. The predicted molar refractivity (Wildman–Crippen MR) is 62.5 cm³/mol. The summed E-state index contributed by atoms with van der Waals surface area (Å²) in [5.41, 5.74) is 0.672. The van der Waals surface area contributed by atoms with Crippen molar-refractivity contribution in [1.82, 2.24) is 0 Å². The lowest BCUT2D eigenvalue weighted by Crippen LogP contribution is -2.12. The van der Waals surface area contributed by atoms with Crippen LogP contribution in [0.1, 0.15) is 13.8 Å². The van der Waals surface area contributed by atoms with Gasteiger partial charge in [0.25, 0.3) is 0 Å². The first-order valence-corrected chi connectivity index (χ1v) is 5.31. The van der Waals surface area contributed by atoms with E-state index in [0.717, 1.165) is 0 Å². The number of nitrogens with one attached hydrogen (secondary N) is 1. The Kier molecular flexibility index (Phi) is 5.05. The fourth-order valence-electron chi connectivity index (χ4n) is 1.29. The van der Waals surface area contributed by atoms with Gasteiger partial charge in [0, 0.05) is 19.2 Å². The Morgan fingerprint density at radius 2 is 2.06 bits per heavy atom. The van der Waals surface area contributed by atoms with Crippen LogP contribution in [0.4, 0.5) is 10.1 Å². The highest BCUT2D eigenvalue weighted by Crippen LogP contribution is 2.25. The molecule has 0 amide bonds. The van der Waals surface area contributed by atoms with Gasteiger partial charge in [-0.25, -0.2) is 4.39 Å². The molecule has 0 unspecified atom stereocenters. The molecule has 0 saturated heterocycles. The average Bonchev–Trinajstić information content (AvgIpc) is 2.20. The van der Waals surface area contributed by atoms with Crippen LogP contribution in [0.15, 0.2) is 18.2 Å². The topological polar surface area (TPSA) is 30.5 Å². The van der Waals surface area contributed by atoms with Gasteiger partial charge in [-0.05, 0) is 26.0 Å². The van der Waals surface area contributed by atoms with Gasteiger partial charge in [-0.2, -0.15) is 0 Å². The molecule has 90 valence electrons. The van der Waals surface area contributed by atoms with Gasteiger partial charge >= 0.3 is 0 Å². The Labute approximate surface area is 95.6 Å². The van der Waals surface area contributed by atoms with Crippen molar-refractivity contribution >= 4 is 5.69 Å². The van der Waals surface area contributed by atoms with Gasteiger partial charge in [-0.3, -0.25) is 0 Å². The molecular formula is C12H18FNO2. The minimum absolute atomic E-state index is 0.228. The molecule has 0 aliphatic rings. The van der Waals surface area contributed by atoms with Crippen LogP contribution in [0.2, 0.25) is 0 Å². The first kappa shape index (κ1) is 12.8. The molecule has 0 fully saturated rings. The Morgan fingerprint density at radius 3 is 2.69 bits per heavy atom. The molecule has 1 aromatic rings. The number of halogens is 1. The molecule has 0 aliphatic heterocycles. The van der Waals surface area contributed by atoms with Crippen LogP contribution in [0.3, 0.4) is 0 Å². The summed E-state index contributed by atoms with van der Waals surface area (Å²) in [4.78, 5) is 0. The van der Waals surface area contributed by atoms with Crippen molar-refractivity contribution in [2.24, 2.45) is 0 Å². The molecule has 16 heavy (non-hydrogen) atoms. The molecule has 0 atom stereocenters. The zero-order valence-corrected chi connectivity index (χ0v) is 9.92. The maximum Gasteiger partial charge on any atom is 0.142 e. The second kappa shape index (κ2) is 6.33. The van der Waals surface area contributed by atoms with E-state index in [1.54, 1.807) is 13.2 Å². The van der Waals surface area contributed by atoms with Crippen molar-refractivity contribution in [2.45, 2.75) is 19.9 Å². The monoisotopic (exact) mass is 227 g/mol. The van der Waals surface area contributed by atoms with Crippen LogP contribution < -0.4 is 10.1 Å². The average molecular weight is 227 g/mol. The molecule has 0 radical (unpaired) electrons. The van der Waals surface area contributed by atoms with Crippen molar-refractivity contribution < 1.29 is 13.9 Å². The van der Waals surface area contributed by atoms with Crippen molar-refractivity contribution in [3.05, 3.63) is 24.0 Å². The van der Waals surface area contributed by atoms with Crippen molar-refractivity contribution in [1.29, 1.82) is 0 Å². The van der Waals surface area contributed by atoms with Crippen molar-refractivity contribution in [3.8, 4) is 5.75 Å². The third kappa shape index (κ3) is 4.06. The lowest BCUT2D eigenvalue weighted by molar-refractivity contribution is 0.146. The molecule has 1 N–H and O–H groups in total. The van der Waals surface area contributed by atoms with E-state index in [0.29, 0.717) is 24.7 Å². The minimum Gasteiger partial charge on any atom is -0.489 e. The molecule has 0 bridgehead atoms. The maximum atomic E-state index is 13.1. The third-order valence-electron chi connectivity index (χ3n) is 1.93. The zero-order valence-electron chi connectivity index (χ0n) is 9.92. The summed E-state index contributed by atoms with van der Waals surface area (Å²) in [7, 11) is 1.61. The fourth-order valence-corrected chi connectivity index (χ4v) is 1.29. The van der Waals surface area contributed by atoms with E-state index in [9.17, 15) is 4.39 Å². The first-order chi connectivity index (χ1) is 7.63. The van der Waals surface area contributed by atoms with E-state index in [4.69, 9.17) is 9.47 Å². The molecule has 0 aliphatic carbocycles. The normalized spacial score (nSPS) is 10.6. The van der Waals surface area contributed by atoms with E-state index < -0.39 is 0 Å². The van der Waals surface area contributed by atoms with Crippen LogP contribution in [0, 0.1) is 5.82 Å². The molecular weight excluding hydrogens is 209 g/mol. The highest BCUT2D eigenvalue weighted by atomic mass is 19.1. The number of anilines is 1. The summed E-state index contributed by atoms with van der Waals surface area (Å²) < 4.78 is 23.4. The Bertz CT molecular complexity index is 329. The minimum atomic E-state index is -0.276. The van der Waals surface area contributed by atoms with Gasteiger partial charge in [-0.1, -0.05) is 0 Å². The van der Waals surface area contributed by atoms with Gasteiger partial charge < -0.3 is 14.8 Å². The molecule has 4 heteroatoms. The molecule has 0 heterocycles. The Balaban J connectivity index is 2.72.